The molecule has 9 heavy (non-hydrogen) atoms. The Morgan fingerprint density at radius 3 is 2.67 bits per heavy atom. The Hall–Kier alpha value is 0.0900. The lowest BCUT2D eigenvalue weighted by molar-refractivity contribution is 0.814. The van der Waals surface area contributed by atoms with Gasteiger partial charge in [-0.15, -0.1) is 0 Å². The summed E-state index contributed by atoms with van der Waals surface area (Å²) in [7, 11) is 0. The Morgan fingerprint density at radius 2 is 2.11 bits per heavy atom. The SMILES string of the molecule is CCCC/C=C\CSC. The maximum Gasteiger partial charge on any atom is 0.0110 e. The molecule has 0 nitrogen and oxygen atoms in total. The van der Waals surface area contributed by atoms with Crippen LogP contribution in [0.2, 0.25) is 0 Å². The summed E-state index contributed by atoms with van der Waals surface area (Å²) in [6, 6.07) is 0. The summed E-state index contributed by atoms with van der Waals surface area (Å²) in [5.41, 5.74) is 0. The second-order valence-corrected chi connectivity index (χ2v) is 2.98. The summed E-state index contributed by atoms with van der Waals surface area (Å²) in [4.78, 5) is 0. The number of hydrogen-bond donors (Lipinski definition) is 0. The Bertz CT molecular complexity index is 67.0. The minimum Gasteiger partial charge on any atom is -0.161 e. The van der Waals surface area contributed by atoms with E-state index in [1.807, 2.05) is 11.8 Å². The normalized spacial score (nSPS) is 10.9. The van der Waals surface area contributed by atoms with Gasteiger partial charge in [-0.3, -0.25) is 0 Å². The van der Waals surface area contributed by atoms with Crippen LogP contribution in [0, 0.1) is 0 Å². The molecule has 1 heteroatoms. The number of hydrogen-bond acceptors (Lipinski definition) is 1. The van der Waals surface area contributed by atoms with Gasteiger partial charge in [-0.2, -0.15) is 11.8 Å². The number of rotatable bonds is 5. The van der Waals surface area contributed by atoms with Gasteiger partial charge < -0.3 is 0 Å². The van der Waals surface area contributed by atoms with Gasteiger partial charge in [0.15, 0.2) is 0 Å². The molecule has 0 aromatic heterocycles. The fourth-order valence-electron chi connectivity index (χ4n) is 0.604. The Morgan fingerprint density at radius 1 is 1.33 bits per heavy atom. The van der Waals surface area contributed by atoms with E-state index in [9.17, 15) is 0 Å². The molecular weight excluding hydrogens is 128 g/mol. The molecule has 0 N–H and O–H groups in total. The summed E-state index contributed by atoms with van der Waals surface area (Å²) < 4.78 is 0. The van der Waals surface area contributed by atoms with E-state index in [0.717, 1.165) is 0 Å². The summed E-state index contributed by atoms with van der Waals surface area (Å²) >= 11 is 1.87. The van der Waals surface area contributed by atoms with Crippen molar-refractivity contribution < 1.29 is 0 Å². The summed E-state index contributed by atoms with van der Waals surface area (Å²) in [5.74, 6) is 1.17. The molecule has 0 fully saturated rings. The quantitative estimate of drug-likeness (QED) is 0.422. The molecule has 54 valence electrons. The highest BCUT2D eigenvalue weighted by Crippen LogP contribution is 1.97. The minimum absolute atomic E-state index is 1.17. The van der Waals surface area contributed by atoms with Crippen LogP contribution in [0.5, 0.6) is 0 Å². The molecule has 0 rings (SSSR count). The monoisotopic (exact) mass is 144 g/mol. The van der Waals surface area contributed by atoms with Gasteiger partial charge in [-0.05, 0) is 12.7 Å². The van der Waals surface area contributed by atoms with E-state index in [1.54, 1.807) is 0 Å². The molecule has 0 aromatic carbocycles. The topological polar surface area (TPSA) is 0 Å². The maximum atomic E-state index is 2.28. The standard InChI is InChI=1S/C8H16S/c1-3-4-5-6-7-8-9-2/h6-7H,3-5,8H2,1-2H3/b7-6-. The van der Waals surface area contributed by atoms with Crippen molar-refractivity contribution in [3.05, 3.63) is 12.2 Å². The molecule has 0 unspecified atom stereocenters. The summed E-state index contributed by atoms with van der Waals surface area (Å²) in [6.07, 6.45) is 10.6. The van der Waals surface area contributed by atoms with Gasteiger partial charge in [0.25, 0.3) is 0 Å². The van der Waals surface area contributed by atoms with Crippen molar-refractivity contribution in [2.24, 2.45) is 0 Å². The van der Waals surface area contributed by atoms with Gasteiger partial charge in [0.1, 0.15) is 0 Å². The highest BCUT2D eigenvalue weighted by molar-refractivity contribution is 7.98. The van der Waals surface area contributed by atoms with Gasteiger partial charge in [-0.25, -0.2) is 0 Å². The highest BCUT2D eigenvalue weighted by atomic mass is 32.2. The van der Waals surface area contributed by atoms with E-state index < -0.39 is 0 Å². The third kappa shape index (κ3) is 8.09. The van der Waals surface area contributed by atoms with E-state index in [0.29, 0.717) is 0 Å². The first-order chi connectivity index (χ1) is 4.41. The van der Waals surface area contributed by atoms with Crippen molar-refractivity contribution >= 4 is 11.8 Å². The van der Waals surface area contributed by atoms with Gasteiger partial charge in [0, 0.05) is 5.75 Å². The zero-order chi connectivity index (χ0) is 6.95. The van der Waals surface area contributed by atoms with E-state index in [-0.39, 0.29) is 0 Å². The second-order valence-electron chi connectivity index (χ2n) is 2.07. The first kappa shape index (κ1) is 9.09. The molecule has 0 heterocycles. The van der Waals surface area contributed by atoms with Crippen molar-refractivity contribution in [1.29, 1.82) is 0 Å². The molecule has 0 aliphatic heterocycles. The predicted octanol–water partition coefficient (Wildman–Crippen LogP) is 3.10. The molecule has 0 aliphatic rings. The Labute approximate surface area is 62.7 Å². The van der Waals surface area contributed by atoms with Crippen LogP contribution in [0.3, 0.4) is 0 Å². The van der Waals surface area contributed by atoms with Crippen LogP contribution in [0.25, 0.3) is 0 Å². The van der Waals surface area contributed by atoms with Crippen LogP contribution in [0.1, 0.15) is 26.2 Å². The molecule has 0 amide bonds. The smallest absolute Gasteiger partial charge is 0.0110 e. The Balaban J connectivity index is 2.86. The third-order valence-corrected chi connectivity index (χ3v) is 1.68. The average Bonchev–Trinajstić information content (AvgIpc) is 1.89. The molecule has 0 saturated heterocycles. The lowest BCUT2D eigenvalue weighted by atomic mass is 10.2. The van der Waals surface area contributed by atoms with Crippen LogP contribution >= 0.6 is 11.8 Å². The zero-order valence-corrected chi connectivity index (χ0v) is 7.21. The number of thioether (sulfide) groups is 1. The Kier molecular flexibility index (Phi) is 8.17. The maximum absolute atomic E-state index is 2.28. The highest BCUT2D eigenvalue weighted by Gasteiger charge is 1.76. The molecule has 0 spiro atoms. The van der Waals surface area contributed by atoms with Crippen molar-refractivity contribution in [3.8, 4) is 0 Å². The molecule has 0 saturated carbocycles. The fraction of sp³-hybridized carbons (Fsp3) is 0.750. The largest absolute Gasteiger partial charge is 0.161 e. The number of allylic oxidation sites excluding steroid dienone is 1. The minimum atomic E-state index is 1.17. The van der Waals surface area contributed by atoms with Crippen molar-refractivity contribution in [2.45, 2.75) is 26.2 Å². The number of unbranched alkanes of at least 4 members (excludes halogenated alkanes) is 2. The second kappa shape index (κ2) is 8.09. The van der Waals surface area contributed by atoms with Crippen LogP contribution in [-0.2, 0) is 0 Å². The predicted molar refractivity (Wildman–Crippen MR) is 47.0 cm³/mol. The van der Waals surface area contributed by atoms with E-state index in [2.05, 4.69) is 25.3 Å². The third-order valence-electron chi connectivity index (χ3n) is 1.15. The molecule has 0 aliphatic carbocycles. The van der Waals surface area contributed by atoms with Crippen LogP contribution in [0.4, 0.5) is 0 Å². The van der Waals surface area contributed by atoms with Gasteiger partial charge in [0.2, 0.25) is 0 Å². The van der Waals surface area contributed by atoms with Crippen molar-refractivity contribution in [3.63, 3.8) is 0 Å². The van der Waals surface area contributed by atoms with Crippen LogP contribution in [-0.4, -0.2) is 12.0 Å². The van der Waals surface area contributed by atoms with Crippen LogP contribution < -0.4 is 0 Å². The summed E-state index contributed by atoms with van der Waals surface area (Å²) in [6.45, 7) is 2.22. The van der Waals surface area contributed by atoms with Gasteiger partial charge >= 0.3 is 0 Å². The molecule has 0 atom stereocenters. The molecular formula is C8H16S. The van der Waals surface area contributed by atoms with Crippen LogP contribution in [0.15, 0.2) is 12.2 Å². The average molecular weight is 144 g/mol. The van der Waals surface area contributed by atoms with E-state index in [1.165, 1.54) is 25.0 Å². The van der Waals surface area contributed by atoms with Gasteiger partial charge in [0.05, 0.1) is 0 Å². The van der Waals surface area contributed by atoms with E-state index >= 15 is 0 Å². The first-order valence-corrected chi connectivity index (χ1v) is 4.95. The molecule has 0 radical (unpaired) electrons. The fourth-order valence-corrected chi connectivity index (χ4v) is 0.933. The zero-order valence-electron chi connectivity index (χ0n) is 6.39. The lowest BCUT2D eigenvalue weighted by Crippen LogP contribution is -1.69. The van der Waals surface area contributed by atoms with E-state index in [4.69, 9.17) is 0 Å². The van der Waals surface area contributed by atoms with Crippen molar-refractivity contribution in [2.75, 3.05) is 12.0 Å². The lowest BCUT2D eigenvalue weighted by Gasteiger charge is -1.87. The van der Waals surface area contributed by atoms with Gasteiger partial charge in [-0.1, -0.05) is 31.9 Å². The van der Waals surface area contributed by atoms with Crippen molar-refractivity contribution in [1.82, 2.24) is 0 Å². The summed E-state index contributed by atoms with van der Waals surface area (Å²) in [5, 5.41) is 0. The molecule has 0 bridgehead atoms. The molecule has 0 aromatic rings. The first-order valence-electron chi connectivity index (χ1n) is 3.55.